The van der Waals surface area contributed by atoms with E-state index in [1.165, 1.54) is 22.3 Å². The number of carboxylic acid groups (broad SMARTS) is 1. The summed E-state index contributed by atoms with van der Waals surface area (Å²) in [5, 5.41) is 9.09. The Morgan fingerprint density at radius 3 is 2.75 bits per heavy atom. The first-order valence-electron chi connectivity index (χ1n) is 11.4. The molecule has 1 aliphatic carbocycles. The van der Waals surface area contributed by atoms with E-state index in [0.29, 0.717) is 25.6 Å². The summed E-state index contributed by atoms with van der Waals surface area (Å²) in [6.07, 6.45) is 3.96. The van der Waals surface area contributed by atoms with Gasteiger partial charge in [0, 0.05) is 31.4 Å². The van der Waals surface area contributed by atoms with Gasteiger partial charge < -0.3 is 14.6 Å². The van der Waals surface area contributed by atoms with Gasteiger partial charge in [0.15, 0.2) is 0 Å². The maximum Gasteiger partial charge on any atom is 0.309 e. The van der Waals surface area contributed by atoms with Crippen molar-refractivity contribution in [3.63, 3.8) is 0 Å². The standard InChI is InChI=1S/C26H32N2O4/c1-4-5-22-10-18(11-25(27-22)31-3)16-32-23-8-9-24-17(2)20(7-6-19(24)12-23)13-28-14-21(15-28)26(29)30/h8-12,21H,4-7,13-16H2,1-3H3,(H,29,30). The summed E-state index contributed by atoms with van der Waals surface area (Å²) in [6.45, 7) is 6.99. The third-order valence-corrected chi connectivity index (χ3v) is 6.46. The van der Waals surface area contributed by atoms with Crippen LogP contribution in [0.2, 0.25) is 0 Å². The van der Waals surface area contributed by atoms with Gasteiger partial charge in [-0.05, 0) is 66.6 Å². The lowest BCUT2D eigenvalue weighted by Gasteiger charge is -2.38. The number of aryl methyl sites for hydroxylation is 2. The zero-order valence-electron chi connectivity index (χ0n) is 19.2. The molecule has 2 heterocycles. The molecular formula is C26H32N2O4. The van der Waals surface area contributed by atoms with Gasteiger partial charge in [-0.3, -0.25) is 9.69 Å². The van der Waals surface area contributed by atoms with E-state index in [1.807, 2.05) is 12.1 Å². The highest BCUT2D eigenvalue weighted by atomic mass is 16.5. The Morgan fingerprint density at radius 1 is 1.22 bits per heavy atom. The molecule has 6 heteroatoms. The molecule has 0 radical (unpaired) electrons. The molecule has 1 aromatic heterocycles. The number of benzene rings is 1. The molecule has 170 valence electrons. The first-order valence-corrected chi connectivity index (χ1v) is 11.4. The van der Waals surface area contributed by atoms with Crippen LogP contribution in [-0.4, -0.2) is 47.7 Å². The number of ether oxygens (including phenoxy) is 2. The highest BCUT2D eigenvalue weighted by molar-refractivity contribution is 5.73. The Labute approximate surface area is 189 Å². The second-order valence-electron chi connectivity index (χ2n) is 8.82. The van der Waals surface area contributed by atoms with Crippen LogP contribution in [0.1, 0.15) is 49.1 Å². The number of fused-ring (bicyclic) bond motifs is 1. The lowest BCUT2D eigenvalue weighted by molar-refractivity contribution is -0.147. The fraction of sp³-hybridized carbons (Fsp3) is 0.462. The number of likely N-dealkylation sites (tertiary alicyclic amines) is 1. The Morgan fingerprint density at radius 2 is 2.03 bits per heavy atom. The highest BCUT2D eigenvalue weighted by Gasteiger charge is 2.33. The molecular weight excluding hydrogens is 404 g/mol. The van der Waals surface area contributed by atoms with E-state index in [0.717, 1.165) is 49.2 Å². The van der Waals surface area contributed by atoms with Gasteiger partial charge >= 0.3 is 5.97 Å². The van der Waals surface area contributed by atoms with E-state index < -0.39 is 5.97 Å². The molecule has 1 fully saturated rings. The fourth-order valence-corrected chi connectivity index (χ4v) is 4.58. The van der Waals surface area contributed by atoms with E-state index in [9.17, 15) is 4.79 Å². The average molecular weight is 437 g/mol. The van der Waals surface area contributed by atoms with Gasteiger partial charge in [-0.2, -0.15) is 0 Å². The molecule has 1 aromatic carbocycles. The number of rotatable bonds is 9. The number of nitrogens with zero attached hydrogens (tertiary/aromatic N) is 2. The summed E-state index contributed by atoms with van der Waals surface area (Å²) in [7, 11) is 1.64. The smallest absolute Gasteiger partial charge is 0.309 e. The van der Waals surface area contributed by atoms with Crippen molar-refractivity contribution < 1.29 is 19.4 Å². The molecule has 1 aliphatic heterocycles. The van der Waals surface area contributed by atoms with Crippen LogP contribution < -0.4 is 9.47 Å². The van der Waals surface area contributed by atoms with E-state index in [-0.39, 0.29) is 5.92 Å². The van der Waals surface area contributed by atoms with Gasteiger partial charge in [-0.15, -0.1) is 0 Å². The number of hydrogen-bond acceptors (Lipinski definition) is 5. The molecule has 1 saturated heterocycles. The van der Waals surface area contributed by atoms with Crippen LogP contribution in [0.5, 0.6) is 11.6 Å². The van der Waals surface area contributed by atoms with Gasteiger partial charge in [-0.1, -0.05) is 25.0 Å². The molecule has 0 unspecified atom stereocenters. The molecule has 0 saturated carbocycles. The van der Waals surface area contributed by atoms with Crippen molar-refractivity contribution in [2.75, 3.05) is 26.7 Å². The van der Waals surface area contributed by atoms with Crippen molar-refractivity contribution in [2.24, 2.45) is 5.92 Å². The Balaban J connectivity index is 1.41. The summed E-state index contributed by atoms with van der Waals surface area (Å²) in [5.74, 6) is 0.621. The number of allylic oxidation sites excluding steroid dienone is 1. The predicted octanol–water partition coefficient (Wildman–Crippen LogP) is 4.36. The summed E-state index contributed by atoms with van der Waals surface area (Å²) in [6, 6.07) is 10.4. The second-order valence-corrected chi connectivity index (χ2v) is 8.82. The van der Waals surface area contributed by atoms with E-state index in [4.69, 9.17) is 14.6 Å². The minimum absolute atomic E-state index is 0.204. The number of hydrogen-bond donors (Lipinski definition) is 1. The summed E-state index contributed by atoms with van der Waals surface area (Å²) < 4.78 is 11.5. The molecule has 2 aromatic rings. The highest BCUT2D eigenvalue weighted by Crippen LogP contribution is 2.34. The van der Waals surface area contributed by atoms with Crippen LogP contribution in [0.4, 0.5) is 0 Å². The van der Waals surface area contributed by atoms with Crippen LogP contribution in [0, 0.1) is 5.92 Å². The largest absolute Gasteiger partial charge is 0.489 e. The first-order chi connectivity index (χ1) is 15.5. The zero-order valence-corrected chi connectivity index (χ0v) is 19.2. The maximum atomic E-state index is 11.0. The monoisotopic (exact) mass is 436 g/mol. The molecule has 1 N–H and O–H groups in total. The van der Waals surface area contributed by atoms with E-state index in [1.54, 1.807) is 7.11 Å². The van der Waals surface area contributed by atoms with Gasteiger partial charge in [-0.25, -0.2) is 4.98 Å². The van der Waals surface area contributed by atoms with Crippen LogP contribution in [-0.2, 0) is 24.2 Å². The Hall–Kier alpha value is -2.86. The minimum Gasteiger partial charge on any atom is -0.489 e. The number of pyridine rings is 1. The van der Waals surface area contributed by atoms with Gasteiger partial charge in [0.25, 0.3) is 0 Å². The van der Waals surface area contributed by atoms with Crippen LogP contribution in [0.15, 0.2) is 35.9 Å². The molecule has 0 atom stereocenters. The lowest BCUT2D eigenvalue weighted by atomic mass is 9.85. The molecule has 2 aliphatic rings. The molecule has 32 heavy (non-hydrogen) atoms. The molecule has 0 bridgehead atoms. The van der Waals surface area contributed by atoms with Gasteiger partial charge in [0.2, 0.25) is 5.88 Å². The van der Waals surface area contributed by atoms with Crippen molar-refractivity contribution in [2.45, 2.75) is 46.1 Å². The number of carboxylic acids is 1. The van der Waals surface area contributed by atoms with Crippen LogP contribution in [0.25, 0.3) is 5.57 Å². The summed E-state index contributed by atoms with van der Waals surface area (Å²) in [5.41, 5.74) is 7.42. The molecule has 0 amide bonds. The quantitative estimate of drug-likeness (QED) is 0.630. The number of methoxy groups -OCH3 is 1. The average Bonchev–Trinajstić information content (AvgIpc) is 2.75. The number of carbonyl (C=O) groups is 1. The summed E-state index contributed by atoms with van der Waals surface area (Å²) >= 11 is 0. The molecule has 4 rings (SSSR count). The number of aliphatic carboxylic acids is 1. The number of aromatic nitrogens is 1. The second kappa shape index (κ2) is 9.74. The summed E-state index contributed by atoms with van der Waals surface area (Å²) in [4.78, 5) is 17.8. The van der Waals surface area contributed by atoms with E-state index in [2.05, 4.69) is 41.9 Å². The van der Waals surface area contributed by atoms with Gasteiger partial charge in [0.05, 0.1) is 13.0 Å². The third kappa shape index (κ3) is 4.96. The van der Waals surface area contributed by atoms with Gasteiger partial charge in [0.1, 0.15) is 12.4 Å². The zero-order chi connectivity index (χ0) is 22.7. The molecule has 6 nitrogen and oxygen atoms in total. The lowest BCUT2D eigenvalue weighted by Crippen LogP contribution is -2.50. The predicted molar refractivity (Wildman–Crippen MR) is 124 cm³/mol. The van der Waals surface area contributed by atoms with Crippen molar-refractivity contribution in [3.05, 3.63) is 58.3 Å². The van der Waals surface area contributed by atoms with Crippen LogP contribution >= 0.6 is 0 Å². The first kappa shape index (κ1) is 22.3. The van der Waals surface area contributed by atoms with Crippen molar-refractivity contribution in [1.82, 2.24) is 9.88 Å². The van der Waals surface area contributed by atoms with E-state index >= 15 is 0 Å². The minimum atomic E-state index is -0.680. The van der Waals surface area contributed by atoms with Crippen molar-refractivity contribution in [1.29, 1.82) is 0 Å². The fourth-order valence-electron chi connectivity index (χ4n) is 4.58. The van der Waals surface area contributed by atoms with Crippen LogP contribution in [0.3, 0.4) is 0 Å². The SMILES string of the molecule is CCCc1cc(COc2ccc3c(c2)CCC(CN2CC(C(=O)O)C2)=C3C)cc(OC)n1. The molecule has 0 spiro atoms. The third-order valence-electron chi connectivity index (χ3n) is 6.46. The Kier molecular flexibility index (Phi) is 6.80. The Bertz CT molecular complexity index is 1020. The van der Waals surface area contributed by atoms with Crippen molar-refractivity contribution >= 4 is 11.5 Å². The normalized spacial score (nSPS) is 16.5. The topological polar surface area (TPSA) is 71.9 Å². The maximum absolute atomic E-state index is 11.0. The van der Waals surface area contributed by atoms with Crippen molar-refractivity contribution in [3.8, 4) is 11.6 Å².